The van der Waals surface area contributed by atoms with Gasteiger partial charge in [0.15, 0.2) is 0 Å². The van der Waals surface area contributed by atoms with E-state index in [2.05, 4.69) is 22.4 Å². The number of aryl methyl sites for hydroxylation is 2. The van der Waals surface area contributed by atoms with E-state index < -0.39 is 0 Å². The van der Waals surface area contributed by atoms with Gasteiger partial charge in [-0.25, -0.2) is 0 Å². The highest BCUT2D eigenvalue weighted by Gasteiger charge is 2.31. The number of aromatic nitrogens is 2. The minimum absolute atomic E-state index is 0.101. The van der Waals surface area contributed by atoms with Crippen molar-refractivity contribution in [3.8, 4) is 0 Å². The van der Waals surface area contributed by atoms with Gasteiger partial charge >= 0.3 is 0 Å². The Morgan fingerprint density at radius 3 is 2.73 bits per heavy atom. The summed E-state index contributed by atoms with van der Waals surface area (Å²) < 4.78 is 0.531. The molecule has 1 aliphatic rings. The fraction of sp³-hybridized carbons (Fsp3) is 0.381. The molecule has 158 valence electrons. The molecule has 2 aromatic rings. The number of unbranched alkanes of at least 4 members (excludes halogenated alkanes) is 1. The normalized spacial score (nSPS) is 15.3. The number of carbonyl (C=O) groups is 2. The monoisotopic (exact) mass is 460 g/mol. The molecule has 0 aliphatic carbocycles. The van der Waals surface area contributed by atoms with Gasteiger partial charge in [0, 0.05) is 19.4 Å². The van der Waals surface area contributed by atoms with Gasteiger partial charge in [0.25, 0.3) is 5.91 Å². The van der Waals surface area contributed by atoms with E-state index in [9.17, 15) is 9.59 Å². The Bertz CT molecular complexity index is 953. The second-order valence-electron chi connectivity index (χ2n) is 7.00. The van der Waals surface area contributed by atoms with Gasteiger partial charge in [0.05, 0.1) is 4.91 Å². The van der Waals surface area contributed by atoms with Crippen LogP contribution in [-0.2, 0) is 16.0 Å². The Labute approximate surface area is 190 Å². The lowest BCUT2D eigenvalue weighted by Gasteiger charge is -2.13. The molecular formula is C21H24N4O2S3. The first kappa shape index (κ1) is 22.6. The van der Waals surface area contributed by atoms with Gasteiger partial charge in [-0.1, -0.05) is 78.5 Å². The van der Waals surface area contributed by atoms with Crippen molar-refractivity contribution in [1.29, 1.82) is 0 Å². The Balaban J connectivity index is 1.47. The number of thioether (sulfide) groups is 1. The molecule has 2 amide bonds. The van der Waals surface area contributed by atoms with E-state index in [-0.39, 0.29) is 18.2 Å². The molecule has 1 N–H and O–H groups in total. The summed E-state index contributed by atoms with van der Waals surface area (Å²) in [7, 11) is 0. The number of amides is 2. The van der Waals surface area contributed by atoms with E-state index in [1.54, 1.807) is 4.90 Å². The molecule has 0 saturated carbocycles. The molecule has 0 radical (unpaired) electrons. The molecule has 3 rings (SSSR count). The van der Waals surface area contributed by atoms with Gasteiger partial charge in [-0.2, -0.15) is 0 Å². The summed E-state index contributed by atoms with van der Waals surface area (Å²) in [5.74, 6) is -0.232. The van der Waals surface area contributed by atoms with Crippen molar-refractivity contribution < 1.29 is 9.59 Å². The highest BCUT2D eigenvalue weighted by Crippen LogP contribution is 2.32. The maximum atomic E-state index is 12.7. The van der Waals surface area contributed by atoms with Crippen molar-refractivity contribution in [3.63, 3.8) is 0 Å². The first-order valence-corrected chi connectivity index (χ1v) is 11.9. The average Bonchev–Trinajstić information content (AvgIpc) is 3.27. The number of rotatable bonds is 9. The molecule has 1 saturated heterocycles. The summed E-state index contributed by atoms with van der Waals surface area (Å²) in [5.41, 5.74) is 2.14. The van der Waals surface area contributed by atoms with Crippen LogP contribution in [0.25, 0.3) is 6.08 Å². The fourth-order valence-corrected chi connectivity index (χ4v) is 4.93. The number of hydrogen-bond donors (Lipinski definition) is 1. The molecule has 6 nitrogen and oxygen atoms in total. The summed E-state index contributed by atoms with van der Waals surface area (Å²) in [6.07, 6.45) is 5.71. The zero-order valence-electron chi connectivity index (χ0n) is 17.0. The van der Waals surface area contributed by atoms with Crippen LogP contribution in [-0.4, -0.2) is 37.8 Å². The number of carbonyl (C=O) groups excluding carboxylic acids is 2. The van der Waals surface area contributed by atoms with E-state index in [0.29, 0.717) is 27.3 Å². The van der Waals surface area contributed by atoms with Gasteiger partial charge in [-0.3, -0.25) is 14.5 Å². The van der Waals surface area contributed by atoms with E-state index in [1.165, 1.54) is 28.7 Å². The van der Waals surface area contributed by atoms with Crippen LogP contribution in [0.15, 0.2) is 29.2 Å². The lowest BCUT2D eigenvalue weighted by Crippen LogP contribution is -2.29. The lowest BCUT2D eigenvalue weighted by molar-refractivity contribution is -0.122. The van der Waals surface area contributed by atoms with Crippen LogP contribution < -0.4 is 5.32 Å². The average molecular weight is 461 g/mol. The molecule has 2 heterocycles. The highest BCUT2D eigenvalue weighted by molar-refractivity contribution is 8.26. The Morgan fingerprint density at radius 2 is 2.00 bits per heavy atom. The molecule has 1 aromatic heterocycles. The first-order chi connectivity index (χ1) is 14.5. The van der Waals surface area contributed by atoms with Crippen LogP contribution in [0.4, 0.5) is 5.13 Å². The van der Waals surface area contributed by atoms with Crippen LogP contribution >= 0.6 is 35.3 Å². The van der Waals surface area contributed by atoms with Crippen molar-refractivity contribution in [2.24, 2.45) is 0 Å². The molecular weight excluding hydrogens is 436 g/mol. The van der Waals surface area contributed by atoms with Gasteiger partial charge in [-0.15, -0.1) is 10.2 Å². The molecule has 0 atom stereocenters. The van der Waals surface area contributed by atoms with Gasteiger partial charge in [0.1, 0.15) is 9.33 Å². The minimum atomic E-state index is -0.131. The van der Waals surface area contributed by atoms with E-state index in [4.69, 9.17) is 12.2 Å². The van der Waals surface area contributed by atoms with Crippen molar-refractivity contribution >= 4 is 62.7 Å². The summed E-state index contributed by atoms with van der Waals surface area (Å²) in [6, 6.07) is 7.98. The topological polar surface area (TPSA) is 75.2 Å². The van der Waals surface area contributed by atoms with E-state index >= 15 is 0 Å². The summed E-state index contributed by atoms with van der Waals surface area (Å²) >= 11 is 8.08. The molecule has 0 unspecified atom stereocenters. The second-order valence-corrected chi connectivity index (χ2v) is 9.74. The van der Waals surface area contributed by atoms with Crippen molar-refractivity contribution in [2.45, 2.75) is 46.0 Å². The molecule has 1 aliphatic heterocycles. The van der Waals surface area contributed by atoms with Crippen LogP contribution in [0.2, 0.25) is 0 Å². The van der Waals surface area contributed by atoms with Crippen molar-refractivity contribution in [3.05, 3.63) is 45.3 Å². The smallest absolute Gasteiger partial charge is 0.266 e. The number of benzene rings is 1. The summed E-state index contributed by atoms with van der Waals surface area (Å²) in [4.78, 5) is 27.0. The molecule has 1 aromatic carbocycles. The third-order valence-electron chi connectivity index (χ3n) is 4.49. The van der Waals surface area contributed by atoms with Gasteiger partial charge in [0.2, 0.25) is 11.0 Å². The number of nitrogens with zero attached hydrogens (tertiary/aromatic N) is 3. The maximum absolute atomic E-state index is 12.7. The van der Waals surface area contributed by atoms with Crippen molar-refractivity contribution in [2.75, 3.05) is 11.9 Å². The summed E-state index contributed by atoms with van der Waals surface area (Å²) in [5, 5.41) is 12.4. The fourth-order valence-electron chi connectivity index (χ4n) is 2.82. The minimum Gasteiger partial charge on any atom is -0.301 e. The molecule has 0 bridgehead atoms. The molecule has 9 heteroatoms. The molecule has 30 heavy (non-hydrogen) atoms. The predicted octanol–water partition coefficient (Wildman–Crippen LogP) is 4.81. The third kappa shape index (κ3) is 6.20. The number of thiocarbonyl (C=S) groups is 1. The van der Waals surface area contributed by atoms with Gasteiger partial charge in [-0.05, 0) is 31.4 Å². The Kier molecular flexibility index (Phi) is 8.12. The predicted molar refractivity (Wildman–Crippen MR) is 127 cm³/mol. The van der Waals surface area contributed by atoms with E-state index in [0.717, 1.165) is 29.8 Å². The molecule has 1 fully saturated rings. The molecule has 0 spiro atoms. The third-order valence-corrected chi connectivity index (χ3v) is 6.77. The number of hydrogen-bond acceptors (Lipinski definition) is 7. The summed E-state index contributed by atoms with van der Waals surface area (Å²) in [6.45, 7) is 4.57. The van der Waals surface area contributed by atoms with E-state index in [1.807, 2.05) is 37.3 Å². The Hall–Kier alpha value is -2.10. The van der Waals surface area contributed by atoms with Crippen LogP contribution in [0, 0.1) is 6.92 Å². The lowest BCUT2D eigenvalue weighted by atomic mass is 10.1. The largest absolute Gasteiger partial charge is 0.301 e. The standard InChI is InChI=1S/C21H24N4O2S3/c1-3-4-7-18-23-24-20(30-18)22-17(26)6-5-12-25-19(27)16(29-21(25)28)13-15-10-8-14(2)9-11-15/h8-11,13H,3-7,12H2,1-2H3,(H,22,24,26). The maximum Gasteiger partial charge on any atom is 0.266 e. The highest BCUT2D eigenvalue weighted by atomic mass is 32.2. The Morgan fingerprint density at radius 1 is 1.23 bits per heavy atom. The van der Waals surface area contributed by atoms with Crippen LogP contribution in [0.3, 0.4) is 0 Å². The number of anilines is 1. The van der Waals surface area contributed by atoms with Crippen LogP contribution in [0.5, 0.6) is 0 Å². The number of nitrogens with one attached hydrogen (secondary N) is 1. The van der Waals surface area contributed by atoms with Crippen LogP contribution in [0.1, 0.15) is 48.7 Å². The zero-order valence-corrected chi connectivity index (χ0v) is 19.5. The van der Waals surface area contributed by atoms with Gasteiger partial charge < -0.3 is 5.32 Å². The quantitative estimate of drug-likeness (QED) is 0.428. The first-order valence-electron chi connectivity index (χ1n) is 9.90. The zero-order chi connectivity index (χ0) is 21.5. The second kappa shape index (κ2) is 10.8. The SMILES string of the molecule is CCCCc1nnc(NC(=O)CCCN2C(=O)C(=Cc3ccc(C)cc3)SC2=S)s1. The van der Waals surface area contributed by atoms with Crippen molar-refractivity contribution in [1.82, 2.24) is 15.1 Å².